The first kappa shape index (κ1) is 18.2. The molecule has 0 unspecified atom stereocenters. The van der Waals surface area contributed by atoms with Gasteiger partial charge in [-0.2, -0.15) is 8.78 Å². The lowest BCUT2D eigenvalue weighted by Gasteiger charge is -2.18. The quantitative estimate of drug-likeness (QED) is 0.731. The predicted octanol–water partition coefficient (Wildman–Crippen LogP) is 3.83. The van der Waals surface area contributed by atoms with Gasteiger partial charge >= 0.3 is 5.92 Å². The predicted molar refractivity (Wildman–Crippen MR) is 92.2 cm³/mol. The summed E-state index contributed by atoms with van der Waals surface area (Å²) in [5.41, 5.74) is -0.100. The molecule has 0 atom stereocenters. The van der Waals surface area contributed by atoms with Crippen LogP contribution in [-0.2, 0) is 12.5 Å². The number of halogens is 3. The number of methoxy groups -OCH3 is 1. The third-order valence-corrected chi connectivity index (χ3v) is 3.94. The van der Waals surface area contributed by atoms with Crippen LogP contribution in [0, 0.1) is 0 Å². The van der Waals surface area contributed by atoms with Gasteiger partial charge in [0.25, 0.3) is 0 Å². The van der Waals surface area contributed by atoms with Gasteiger partial charge in [0.15, 0.2) is 5.82 Å². The number of pyridine rings is 1. The van der Waals surface area contributed by atoms with Crippen molar-refractivity contribution in [3.63, 3.8) is 0 Å². The highest BCUT2D eigenvalue weighted by atomic mass is 35.5. The highest BCUT2D eigenvalue weighted by molar-refractivity contribution is 6.30. The van der Waals surface area contributed by atoms with E-state index in [9.17, 15) is 8.78 Å². The molecule has 2 aromatic heterocycles. The Kier molecular flexibility index (Phi) is 5.11. The largest absolute Gasteiger partial charge is 0.494 e. The van der Waals surface area contributed by atoms with Crippen molar-refractivity contribution in [3.8, 4) is 17.0 Å². The van der Waals surface area contributed by atoms with Crippen molar-refractivity contribution >= 4 is 11.6 Å². The van der Waals surface area contributed by atoms with E-state index in [1.807, 2.05) is 0 Å². The monoisotopic (exact) mass is 377 g/mol. The van der Waals surface area contributed by atoms with Gasteiger partial charge in [-0.3, -0.25) is 0 Å². The molecule has 0 aliphatic heterocycles. The molecule has 0 aliphatic rings. The molecule has 0 saturated heterocycles. The van der Waals surface area contributed by atoms with Crippen LogP contribution >= 0.6 is 11.6 Å². The second kappa shape index (κ2) is 7.31. The van der Waals surface area contributed by atoms with Crippen LogP contribution in [0.2, 0.25) is 5.02 Å². The summed E-state index contributed by atoms with van der Waals surface area (Å²) in [6.45, 7) is -0.425. The molecule has 1 N–H and O–H groups in total. The molecule has 2 heterocycles. The molecule has 5 nitrogen and oxygen atoms in total. The summed E-state index contributed by atoms with van der Waals surface area (Å²) in [6, 6.07) is 9.31. The van der Waals surface area contributed by atoms with Crippen LogP contribution in [0.3, 0.4) is 0 Å². The molecule has 1 aromatic carbocycles. The SMILES string of the molecule is COc1ccc(C(F)(F)c2cnc(CO)nc2)nc1-c1cccc(Cl)c1. The van der Waals surface area contributed by atoms with Gasteiger partial charge in [0.1, 0.15) is 23.7 Å². The summed E-state index contributed by atoms with van der Waals surface area (Å²) in [5, 5.41) is 9.40. The van der Waals surface area contributed by atoms with Crippen molar-refractivity contribution < 1.29 is 18.6 Å². The van der Waals surface area contributed by atoms with Crippen molar-refractivity contribution in [1.29, 1.82) is 0 Å². The normalized spacial score (nSPS) is 11.4. The molecule has 0 radical (unpaired) electrons. The van der Waals surface area contributed by atoms with Gasteiger partial charge in [0.05, 0.1) is 12.7 Å². The summed E-state index contributed by atoms with van der Waals surface area (Å²) in [5.74, 6) is -3.02. The fourth-order valence-electron chi connectivity index (χ4n) is 2.37. The molecule has 134 valence electrons. The maximum absolute atomic E-state index is 14.9. The van der Waals surface area contributed by atoms with E-state index in [0.29, 0.717) is 16.3 Å². The standard InChI is InChI=1S/C18H14ClF2N3O2/c1-26-14-5-6-15(24-17(14)11-3-2-4-13(19)7-11)18(20,21)12-8-22-16(10-25)23-9-12/h2-9,25H,10H2,1H3. The first-order valence-electron chi connectivity index (χ1n) is 7.57. The lowest BCUT2D eigenvalue weighted by atomic mass is 10.1. The molecule has 0 amide bonds. The van der Waals surface area contributed by atoms with Crippen molar-refractivity contribution in [1.82, 2.24) is 15.0 Å². The van der Waals surface area contributed by atoms with Crippen molar-refractivity contribution in [3.05, 3.63) is 70.9 Å². The van der Waals surface area contributed by atoms with Gasteiger partial charge in [-0.25, -0.2) is 15.0 Å². The van der Waals surface area contributed by atoms with Crippen LogP contribution in [0.4, 0.5) is 8.78 Å². The minimum Gasteiger partial charge on any atom is -0.494 e. The molecule has 8 heteroatoms. The zero-order valence-electron chi connectivity index (χ0n) is 13.7. The molecule has 0 fully saturated rings. The Labute approximate surface area is 153 Å². The second-order valence-corrected chi connectivity index (χ2v) is 5.81. The van der Waals surface area contributed by atoms with Crippen molar-refractivity contribution in [2.75, 3.05) is 7.11 Å². The molecular weight excluding hydrogens is 364 g/mol. The fourth-order valence-corrected chi connectivity index (χ4v) is 2.57. The Bertz CT molecular complexity index is 921. The first-order chi connectivity index (χ1) is 12.5. The third kappa shape index (κ3) is 3.49. The maximum atomic E-state index is 14.9. The number of aromatic nitrogens is 3. The Balaban J connectivity index is 2.08. The van der Waals surface area contributed by atoms with Gasteiger partial charge < -0.3 is 9.84 Å². The number of hydrogen-bond donors (Lipinski definition) is 1. The molecule has 3 rings (SSSR count). The minimum atomic E-state index is -3.42. The number of alkyl halides is 2. The molecule has 0 saturated carbocycles. The van der Waals surface area contributed by atoms with Crippen LogP contribution in [0.25, 0.3) is 11.3 Å². The fraction of sp³-hybridized carbons (Fsp3) is 0.167. The highest BCUT2D eigenvalue weighted by Crippen LogP contribution is 2.37. The van der Waals surface area contributed by atoms with Gasteiger partial charge in [0.2, 0.25) is 0 Å². The molecule has 26 heavy (non-hydrogen) atoms. The van der Waals surface area contributed by atoms with E-state index in [0.717, 1.165) is 12.4 Å². The first-order valence-corrected chi connectivity index (χ1v) is 7.95. The average Bonchev–Trinajstić information content (AvgIpc) is 2.67. The van der Waals surface area contributed by atoms with E-state index >= 15 is 0 Å². The number of aliphatic hydroxyl groups is 1. The summed E-state index contributed by atoms with van der Waals surface area (Å²) in [4.78, 5) is 11.5. The van der Waals surface area contributed by atoms with E-state index in [1.165, 1.54) is 19.2 Å². The van der Waals surface area contributed by atoms with Gasteiger partial charge in [-0.15, -0.1) is 0 Å². The number of nitrogens with zero attached hydrogens (tertiary/aromatic N) is 3. The number of benzene rings is 1. The smallest absolute Gasteiger partial charge is 0.317 e. The maximum Gasteiger partial charge on any atom is 0.317 e. The summed E-state index contributed by atoms with van der Waals surface area (Å²) >= 11 is 5.99. The zero-order valence-corrected chi connectivity index (χ0v) is 14.4. The molecule has 0 aliphatic carbocycles. The van der Waals surface area contributed by atoms with Crippen LogP contribution in [0.5, 0.6) is 5.75 Å². The lowest BCUT2D eigenvalue weighted by Crippen LogP contribution is -2.18. The molecule has 0 bridgehead atoms. The van der Waals surface area contributed by atoms with Crippen LogP contribution in [0.1, 0.15) is 17.1 Å². The van der Waals surface area contributed by atoms with Gasteiger partial charge in [-0.1, -0.05) is 23.7 Å². The summed E-state index contributed by atoms with van der Waals surface area (Å²) in [7, 11) is 1.43. The average molecular weight is 378 g/mol. The van der Waals surface area contributed by atoms with E-state index in [1.54, 1.807) is 24.3 Å². The van der Waals surface area contributed by atoms with Crippen molar-refractivity contribution in [2.45, 2.75) is 12.5 Å². The summed E-state index contributed by atoms with van der Waals surface area (Å²) < 4.78 is 35.0. The van der Waals surface area contributed by atoms with E-state index in [4.69, 9.17) is 21.4 Å². The highest BCUT2D eigenvalue weighted by Gasteiger charge is 2.37. The Morgan fingerprint density at radius 3 is 2.50 bits per heavy atom. The van der Waals surface area contributed by atoms with Crippen molar-refractivity contribution in [2.24, 2.45) is 0 Å². The number of rotatable bonds is 5. The Hall–Kier alpha value is -2.64. The third-order valence-electron chi connectivity index (χ3n) is 3.71. The molecular formula is C18H14ClF2N3O2. The Morgan fingerprint density at radius 2 is 1.88 bits per heavy atom. The topological polar surface area (TPSA) is 68.1 Å². The van der Waals surface area contributed by atoms with Crippen LogP contribution in [0.15, 0.2) is 48.8 Å². The minimum absolute atomic E-state index is 0.0619. The van der Waals surface area contributed by atoms with Crippen LogP contribution in [-0.4, -0.2) is 27.2 Å². The molecule has 0 spiro atoms. The van der Waals surface area contributed by atoms with Gasteiger partial charge in [0, 0.05) is 23.0 Å². The molecule has 3 aromatic rings. The van der Waals surface area contributed by atoms with E-state index in [-0.39, 0.29) is 11.5 Å². The second-order valence-electron chi connectivity index (χ2n) is 5.38. The van der Waals surface area contributed by atoms with Gasteiger partial charge in [-0.05, 0) is 24.3 Å². The Morgan fingerprint density at radius 1 is 1.15 bits per heavy atom. The number of aliphatic hydroxyl groups excluding tert-OH is 1. The lowest BCUT2D eigenvalue weighted by molar-refractivity contribution is 0.0371. The summed E-state index contributed by atoms with van der Waals surface area (Å²) in [6.07, 6.45) is 1.95. The van der Waals surface area contributed by atoms with Crippen LogP contribution < -0.4 is 4.74 Å². The van der Waals surface area contributed by atoms with E-state index < -0.39 is 23.8 Å². The zero-order chi connectivity index (χ0) is 18.7. The van der Waals surface area contributed by atoms with E-state index in [2.05, 4.69) is 15.0 Å². The number of hydrogen-bond acceptors (Lipinski definition) is 5. The number of ether oxygens (including phenoxy) is 1.